The molecule has 3 rings (SSSR count). The summed E-state index contributed by atoms with van der Waals surface area (Å²) in [6.07, 6.45) is 6.81. The molecule has 1 fully saturated rings. The average Bonchev–Trinajstić information content (AvgIpc) is 3.18. The first-order chi connectivity index (χ1) is 11.4. The fraction of sp³-hybridized carbons (Fsp3) is 0.647. The predicted molar refractivity (Wildman–Crippen MR) is 88.2 cm³/mol. The third-order valence-corrected chi connectivity index (χ3v) is 4.50. The highest BCUT2D eigenvalue weighted by Crippen LogP contribution is 2.37. The molecule has 130 valence electrons. The van der Waals surface area contributed by atoms with Crippen LogP contribution in [0.2, 0.25) is 0 Å². The summed E-state index contributed by atoms with van der Waals surface area (Å²) >= 11 is 0. The summed E-state index contributed by atoms with van der Waals surface area (Å²) in [5.74, 6) is 1.15. The van der Waals surface area contributed by atoms with Crippen molar-refractivity contribution in [2.75, 3.05) is 0 Å². The summed E-state index contributed by atoms with van der Waals surface area (Å²) in [5.41, 5.74) is 0.0583. The number of rotatable bonds is 4. The van der Waals surface area contributed by atoms with Gasteiger partial charge in [0.25, 0.3) is 5.89 Å². The van der Waals surface area contributed by atoms with Gasteiger partial charge in [0.05, 0.1) is 6.42 Å². The molecule has 1 saturated carbocycles. The van der Waals surface area contributed by atoms with E-state index in [2.05, 4.69) is 25.7 Å². The molecule has 7 heteroatoms. The second-order valence-corrected chi connectivity index (χ2v) is 7.62. The zero-order chi connectivity index (χ0) is 17.2. The van der Waals surface area contributed by atoms with Crippen molar-refractivity contribution in [2.45, 2.75) is 70.3 Å². The van der Waals surface area contributed by atoms with Crippen LogP contribution in [-0.2, 0) is 22.2 Å². The van der Waals surface area contributed by atoms with Crippen LogP contribution in [0.1, 0.15) is 70.3 Å². The molecule has 2 N–H and O–H groups in total. The molecule has 0 saturated heterocycles. The van der Waals surface area contributed by atoms with Crippen LogP contribution in [0.4, 0.5) is 0 Å². The molecular formula is C17H25N5O2. The lowest BCUT2D eigenvalue weighted by Crippen LogP contribution is -2.48. The van der Waals surface area contributed by atoms with Crippen molar-refractivity contribution >= 4 is 5.91 Å². The highest BCUT2D eigenvalue weighted by molar-refractivity contribution is 5.79. The van der Waals surface area contributed by atoms with Crippen molar-refractivity contribution < 1.29 is 9.32 Å². The summed E-state index contributed by atoms with van der Waals surface area (Å²) < 4.78 is 5.57. The SMILES string of the molecule is CC(C)(C)c1noc(C2(NC(=O)Cc3ccn[nH]3)CCCCC2)n1. The van der Waals surface area contributed by atoms with Gasteiger partial charge in [0.1, 0.15) is 5.54 Å². The molecule has 0 unspecified atom stereocenters. The first-order valence-corrected chi connectivity index (χ1v) is 8.53. The van der Waals surface area contributed by atoms with E-state index < -0.39 is 5.54 Å². The van der Waals surface area contributed by atoms with Crippen molar-refractivity contribution in [3.63, 3.8) is 0 Å². The van der Waals surface area contributed by atoms with E-state index in [9.17, 15) is 4.79 Å². The number of carbonyl (C=O) groups is 1. The van der Waals surface area contributed by atoms with Gasteiger partial charge in [-0.2, -0.15) is 10.1 Å². The number of amides is 1. The second kappa shape index (κ2) is 6.37. The van der Waals surface area contributed by atoms with Gasteiger partial charge < -0.3 is 9.84 Å². The van der Waals surface area contributed by atoms with E-state index in [0.717, 1.165) is 31.4 Å². The van der Waals surface area contributed by atoms with Crippen LogP contribution < -0.4 is 5.32 Å². The second-order valence-electron chi connectivity index (χ2n) is 7.62. The first kappa shape index (κ1) is 16.7. The number of hydrogen-bond acceptors (Lipinski definition) is 5. The number of nitrogens with zero attached hydrogens (tertiary/aromatic N) is 3. The van der Waals surface area contributed by atoms with E-state index in [4.69, 9.17) is 4.52 Å². The molecule has 7 nitrogen and oxygen atoms in total. The normalized spacial score (nSPS) is 17.6. The molecule has 1 amide bonds. The van der Waals surface area contributed by atoms with E-state index >= 15 is 0 Å². The Bertz CT molecular complexity index is 678. The standard InChI is InChI=1S/C17H25N5O2/c1-16(2,3)14-19-15(24-22-14)17(8-5-4-6-9-17)20-13(23)11-12-7-10-18-21-12/h7,10H,4-6,8-9,11H2,1-3H3,(H,18,21)(H,20,23). The lowest BCUT2D eigenvalue weighted by molar-refractivity contribution is -0.123. The number of hydrogen-bond donors (Lipinski definition) is 2. The Morgan fingerprint density at radius 3 is 2.67 bits per heavy atom. The minimum atomic E-state index is -0.550. The summed E-state index contributed by atoms with van der Waals surface area (Å²) in [6, 6.07) is 1.80. The van der Waals surface area contributed by atoms with Crippen molar-refractivity contribution in [2.24, 2.45) is 0 Å². The van der Waals surface area contributed by atoms with E-state index in [0.29, 0.717) is 11.7 Å². The largest absolute Gasteiger partial charge is 0.341 e. The van der Waals surface area contributed by atoms with Crippen molar-refractivity contribution in [3.8, 4) is 0 Å². The molecule has 2 aromatic rings. The Kier molecular flexibility index (Phi) is 4.43. The van der Waals surface area contributed by atoms with Gasteiger partial charge >= 0.3 is 0 Å². The van der Waals surface area contributed by atoms with Crippen LogP contribution in [0, 0.1) is 0 Å². The van der Waals surface area contributed by atoms with Crippen molar-refractivity contribution in [3.05, 3.63) is 29.7 Å². The van der Waals surface area contributed by atoms with Crippen LogP contribution >= 0.6 is 0 Å². The summed E-state index contributed by atoms with van der Waals surface area (Å²) in [6.45, 7) is 6.14. The quantitative estimate of drug-likeness (QED) is 0.897. The monoisotopic (exact) mass is 331 g/mol. The Labute approximate surface area is 141 Å². The molecule has 0 aromatic carbocycles. The molecule has 1 aliphatic carbocycles. The van der Waals surface area contributed by atoms with Gasteiger partial charge in [-0.1, -0.05) is 45.2 Å². The Balaban J connectivity index is 1.82. The maximum atomic E-state index is 12.5. The van der Waals surface area contributed by atoms with Gasteiger partial charge in [-0.25, -0.2) is 0 Å². The lowest BCUT2D eigenvalue weighted by atomic mass is 9.81. The summed E-state index contributed by atoms with van der Waals surface area (Å²) in [5, 5.41) is 14.0. The van der Waals surface area contributed by atoms with E-state index in [1.165, 1.54) is 6.42 Å². The molecule has 0 spiro atoms. The van der Waals surface area contributed by atoms with Crippen LogP contribution in [0.25, 0.3) is 0 Å². The molecule has 0 bridgehead atoms. The van der Waals surface area contributed by atoms with Crippen molar-refractivity contribution in [1.29, 1.82) is 0 Å². The lowest BCUT2D eigenvalue weighted by Gasteiger charge is -2.34. The molecular weight excluding hydrogens is 306 g/mol. The fourth-order valence-electron chi connectivity index (χ4n) is 3.14. The third kappa shape index (κ3) is 3.49. The number of aromatic nitrogens is 4. The van der Waals surface area contributed by atoms with Gasteiger partial charge in [-0.15, -0.1) is 0 Å². The van der Waals surface area contributed by atoms with Gasteiger partial charge in [-0.3, -0.25) is 9.89 Å². The third-order valence-electron chi connectivity index (χ3n) is 4.50. The van der Waals surface area contributed by atoms with Crippen LogP contribution in [0.3, 0.4) is 0 Å². The fourth-order valence-corrected chi connectivity index (χ4v) is 3.14. The van der Waals surface area contributed by atoms with Crippen LogP contribution in [0.15, 0.2) is 16.8 Å². The zero-order valence-electron chi connectivity index (χ0n) is 14.6. The van der Waals surface area contributed by atoms with Crippen LogP contribution in [-0.4, -0.2) is 26.2 Å². The maximum absolute atomic E-state index is 12.5. The maximum Gasteiger partial charge on any atom is 0.252 e. The Morgan fingerprint density at radius 2 is 2.08 bits per heavy atom. The predicted octanol–water partition coefficient (Wildman–Crippen LogP) is 2.61. The molecule has 2 heterocycles. The van der Waals surface area contributed by atoms with Gasteiger partial charge in [0, 0.05) is 17.3 Å². The molecule has 24 heavy (non-hydrogen) atoms. The van der Waals surface area contributed by atoms with Crippen LogP contribution in [0.5, 0.6) is 0 Å². The molecule has 0 atom stereocenters. The minimum Gasteiger partial charge on any atom is -0.341 e. The highest BCUT2D eigenvalue weighted by atomic mass is 16.5. The number of aromatic amines is 1. The number of H-pyrrole nitrogens is 1. The minimum absolute atomic E-state index is 0.0586. The van der Waals surface area contributed by atoms with Gasteiger partial charge in [-0.05, 0) is 18.9 Å². The molecule has 2 aromatic heterocycles. The van der Waals surface area contributed by atoms with Gasteiger partial charge in [0.2, 0.25) is 5.91 Å². The van der Waals surface area contributed by atoms with Crippen molar-refractivity contribution in [1.82, 2.24) is 25.7 Å². The molecule has 1 aliphatic rings. The number of carbonyl (C=O) groups excluding carboxylic acids is 1. The highest BCUT2D eigenvalue weighted by Gasteiger charge is 2.41. The first-order valence-electron chi connectivity index (χ1n) is 8.53. The molecule has 0 radical (unpaired) electrons. The Morgan fingerprint density at radius 1 is 1.33 bits per heavy atom. The zero-order valence-corrected chi connectivity index (χ0v) is 14.6. The summed E-state index contributed by atoms with van der Waals surface area (Å²) in [7, 11) is 0. The molecule has 0 aliphatic heterocycles. The number of nitrogens with one attached hydrogen (secondary N) is 2. The Hall–Kier alpha value is -2.18. The topological polar surface area (TPSA) is 96.7 Å². The van der Waals surface area contributed by atoms with E-state index in [1.54, 1.807) is 12.3 Å². The van der Waals surface area contributed by atoms with Gasteiger partial charge in [0.15, 0.2) is 5.82 Å². The summed E-state index contributed by atoms with van der Waals surface area (Å²) in [4.78, 5) is 17.1. The van der Waals surface area contributed by atoms with E-state index in [1.807, 2.05) is 20.8 Å². The van der Waals surface area contributed by atoms with E-state index in [-0.39, 0.29) is 17.7 Å². The average molecular weight is 331 g/mol. The smallest absolute Gasteiger partial charge is 0.252 e.